The lowest BCUT2D eigenvalue weighted by molar-refractivity contribution is -0.127. The highest BCUT2D eigenvalue weighted by molar-refractivity contribution is 6.31. The second-order valence-corrected chi connectivity index (χ2v) is 5.21. The summed E-state index contributed by atoms with van der Waals surface area (Å²) in [5.41, 5.74) is 0.376. The van der Waals surface area contributed by atoms with Gasteiger partial charge >= 0.3 is 0 Å². The van der Waals surface area contributed by atoms with Crippen molar-refractivity contribution in [2.75, 3.05) is 0 Å². The molecular formula is C15H20ClNO3. The topological polar surface area (TPSA) is 55.4 Å². The van der Waals surface area contributed by atoms with Crippen LogP contribution in [0.2, 0.25) is 5.02 Å². The lowest BCUT2D eigenvalue weighted by Crippen LogP contribution is -2.41. The summed E-state index contributed by atoms with van der Waals surface area (Å²) in [6, 6.07) is 4.86. The van der Waals surface area contributed by atoms with E-state index in [1.807, 2.05) is 13.8 Å². The summed E-state index contributed by atoms with van der Waals surface area (Å²) in [5, 5.41) is 3.29. The molecule has 0 fully saturated rings. The molecule has 20 heavy (non-hydrogen) atoms. The first-order chi connectivity index (χ1) is 9.35. The van der Waals surface area contributed by atoms with E-state index in [1.54, 1.807) is 25.1 Å². The number of hydrogen-bond acceptors (Lipinski definition) is 3. The lowest BCUT2D eigenvalue weighted by Gasteiger charge is -2.19. The van der Waals surface area contributed by atoms with Crippen LogP contribution in [0.15, 0.2) is 18.2 Å². The van der Waals surface area contributed by atoms with Crippen molar-refractivity contribution in [2.24, 2.45) is 0 Å². The Labute approximate surface area is 124 Å². The number of amides is 1. The first-order valence-electron chi connectivity index (χ1n) is 6.62. The first-order valence-corrected chi connectivity index (χ1v) is 7.00. The van der Waals surface area contributed by atoms with Crippen molar-refractivity contribution in [1.29, 1.82) is 0 Å². The smallest absolute Gasteiger partial charge is 0.260 e. The molecule has 4 nitrogen and oxygen atoms in total. The zero-order valence-electron chi connectivity index (χ0n) is 12.2. The van der Waals surface area contributed by atoms with E-state index < -0.39 is 6.10 Å². The van der Waals surface area contributed by atoms with Gasteiger partial charge in [0, 0.05) is 11.1 Å². The number of benzene rings is 1. The minimum Gasteiger partial charge on any atom is -0.480 e. The maximum absolute atomic E-state index is 11.9. The van der Waals surface area contributed by atoms with Crippen LogP contribution in [0.1, 0.15) is 44.5 Å². The van der Waals surface area contributed by atoms with E-state index in [-0.39, 0.29) is 17.7 Å². The average molecular weight is 298 g/mol. The van der Waals surface area contributed by atoms with Gasteiger partial charge in [0.25, 0.3) is 5.91 Å². The molecule has 110 valence electrons. The number of ketones is 1. The van der Waals surface area contributed by atoms with Crippen LogP contribution in [0.25, 0.3) is 0 Å². The minimum atomic E-state index is -0.678. The third kappa shape index (κ3) is 4.53. The zero-order chi connectivity index (χ0) is 15.3. The van der Waals surface area contributed by atoms with Gasteiger partial charge in [-0.2, -0.15) is 0 Å². The van der Waals surface area contributed by atoms with Gasteiger partial charge in [0.15, 0.2) is 11.9 Å². The van der Waals surface area contributed by atoms with Crippen LogP contribution in [0, 0.1) is 0 Å². The van der Waals surface area contributed by atoms with Gasteiger partial charge in [0.05, 0.1) is 5.56 Å². The van der Waals surface area contributed by atoms with Crippen molar-refractivity contribution in [3.8, 4) is 5.75 Å². The van der Waals surface area contributed by atoms with E-state index in [1.165, 1.54) is 6.92 Å². The van der Waals surface area contributed by atoms with E-state index in [9.17, 15) is 9.59 Å². The summed E-state index contributed by atoms with van der Waals surface area (Å²) in [7, 11) is 0. The summed E-state index contributed by atoms with van der Waals surface area (Å²) in [6.45, 7) is 7.00. The van der Waals surface area contributed by atoms with Crippen molar-refractivity contribution < 1.29 is 14.3 Å². The van der Waals surface area contributed by atoms with Crippen molar-refractivity contribution >= 4 is 23.3 Å². The predicted molar refractivity (Wildman–Crippen MR) is 79.4 cm³/mol. The Morgan fingerprint density at radius 2 is 2.00 bits per heavy atom. The van der Waals surface area contributed by atoms with Gasteiger partial charge in [-0.25, -0.2) is 0 Å². The maximum Gasteiger partial charge on any atom is 0.260 e. The molecule has 0 aliphatic carbocycles. The Morgan fingerprint density at radius 3 is 2.55 bits per heavy atom. The van der Waals surface area contributed by atoms with E-state index in [0.29, 0.717) is 16.3 Å². The van der Waals surface area contributed by atoms with Crippen LogP contribution in [-0.2, 0) is 4.79 Å². The molecule has 5 heteroatoms. The predicted octanol–water partition coefficient (Wildman–Crippen LogP) is 3.22. The highest BCUT2D eigenvalue weighted by Gasteiger charge is 2.19. The van der Waals surface area contributed by atoms with Crippen LogP contribution in [0.3, 0.4) is 0 Å². The van der Waals surface area contributed by atoms with Gasteiger partial charge in [-0.05, 0) is 45.4 Å². The molecule has 1 amide bonds. The van der Waals surface area contributed by atoms with Crippen molar-refractivity contribution in [1.82, 2.24) is 5.32 Å². The number of Topliss-reactive ketones (excluding diaryl/α,β-unsaturated/α-hetero) is 1. The molecule has 0 heterocycles. The van der Waals surface area contributed by atoms with Gasteiger partial charge < -0.3 is 10.1 Å². The first kappa shape index (κ1) is 16.5. The Balaban J connectivity index is 2.82. The van der Waals surface area contributed by atoms with Gasteiger partial charge in [-0.3, -0.25) is 9.59 Å². The Kier molecular flexibility index (Phi) is 6.02. The number of carbonyl (C=O) groups excluding carboxylic acids is 2. The molecule has 1 aromatic rings. The molecule has 0 spiro atoms. The Bertz CT molecular complexity index is 502. The molecule has 2 unspecified atom stereocenters. The molecule has 0 saturated carbocycles. The number of ether oxygens (including phenoxy) is 1. The van der Waals surface area contributed by atoms with Crippen molar-refractivity contribution in [3.63, 3.8) is 0 Å². The minimum absolute atomic E-state index is 0.0889. The molecule has 2 atom stereocenters. The van der Waals surface area contributed by atoms with Gasteiger partial charge in [0.2, 0.25) is 0 Å². The highest BCUT2D eigenvalue weighted by Crippen LogP contribution is 2.24. The second-order valence-electron chi connectivity index (χ2n) is 4.77. The molecular weight excluding hydrogens is 278 g/mol. The van der Waals surface area contributed by atoms with Crippen LogP contribution >= 0.6 is 11.6 Å². The number of nitrogens with one attached hydrogen (secondary N) is 1. The number of carbonyl (C=O) groups is 2. The van der Waals surface area contributed by atoms with Crippen LogP contribution < -0.4 is 10.1 Å². The summed E-state index contributed by atoms with van der Waals surface area (Å²) < 4.78 is 5.58. The van der Waals surface area contributed by atoms with E-state index in [0.717, 1.165) is 6.42 Å². The molecule has 0 saturated heterocycles. The summed E-state index contributed by atoms with van der Waals surface area (Å²) in [4.78, 5) is 23.5. The SMILES string of the molecule is CCC(C)NC(=O)C(C)Oc1ccc(Cl)cc1C(C)=O. The molecule has 1 aromatic carbocycles. The fourth-order valence-electron chi connectivity index (χ4n) is 1.59. The van der Waals surface area contributed by atoms with Crippen molar-refractivity contribution in [2.45, 2.75) is 46.3 Å². The number of rotatable bonds is 6. The monoisotopic (exact) mass is 297 g/mol. The largest absolute Gasteiger partial charge is 0.480 e. The van der Waals surface area contributed by atoms with Gasteiger partial charge in [-0.1, -0.05) is 18.5 Å². The van der Waals surface area contributed by atoms with E-state index in [4.69, 9.17) is 16.3 Å². The van der Waals surface area contributed by atoms with Crippen LogP contribution in [0.4, 0.5) is 0 Å². The molecule has 1 N–H and O–H groups in total. The van der Waals surface area contributed by atoms with E-state index in [2.05, 4.69) is 5.32 Å². The standard InChI is InChI=1S/C15H20ClNO3/c1-5-9(2)17-15(19)11(4)20-14-7-6-12(16)8-13(14)10(3)18/h6-9,11H,5H2,1-4H3,(H,17,19). The number of halogens is 1. The maximum atomic E-state index is 11.9. The van der Waals surface area contributed by atoms with Gasteiger partial charge in [0.1, 0.15) is 5.75 Å². The van der Waals surface area contributed by atoms with Crippen LogP contribution in [0.5, 0.6) is 5.75 Å². The lowest BCUT2D eigenvalue weighted by atomic mass is 10.1. The molecule has 0 radical (unpaired) electrons. The third-order valence-electron chi connectivity index (χ3n) is 2.99. The zero-order valence-corrected chi connectivity index (χ0v) is 13.0. The second kappa shape index (κ2) is 7.29. The quantitative estimate of drug-likeness (QED) is 0.820. The average Bonchev–Trinajstić information content (AvgIpc) is 2.40. The molecule has 0 aromatic heterocycles. The fourth-order valence-corrected chi connectivity index (χ4v) is 1.76. The van der Waals surface area contributed by atoms with Crippen molar-refractivity contribution in [3.05, 3.63) is 28.8 Å². The summed E-state index contributed by atoms with van der Waals surface area (Å²) in [6.07, 6.45) is 0.168. The molecule has 0 aliphatic heterocycles. The van der Waals surface area contributed by atoms with E-state index >= 15 is 0 Å². The fraction of sp³-hybridized carbons (Fsp3) is 0.467. The third-order valence-corrected chi connectivity index (χ3v) is 3.23. The molecule has 1 rings (SSSR count). The van der Waals surface area contributed by atoms with Gasteiger partial charge in [-0.15, -0.1) is 0 Å². The molecule has 0 bridgehead atoms. The highest BCUT2D eigenvalue weighted by atomic mass is 35.5. The molecule has 0 aliphatic rings. The summed E-state index contributed by atoms with van der Waals surface area (Å²) in [5.74, 6) is 0.00883. The Morgan fingerprint density at radius 1 is 1.35 bits per heavy atom. The van der Waals surface area contributed by atoms with Crippen LogP contribution in [-0.4, -0.2) is 23.8 Å². The Hall–Kier alpha value is -1.55. The summed E-state index contributed by atoms with van der Waals surface area (Å²) >= 11 is 5.86. The normalized spacial score (nSPS) is 13.4. The number of hydrogen-bond donors (Lipinski definition) is 1.